The molecule has 4 N–H and O–H groups in total. The standard InChI is InChI=1S/C12H20N2O4S/c1-8(2)10(7-15)14-19(16,17)12-5-4-9(13)6-11(12)18-3/h4-6,8,10,14-15H,7,13H2,1-3H3/t10-/m1/s1. The number of rotatable bonds is 6. The Morgan fingerprint density at radius 1 is 1.42 bits per heavy atom. The van der Waals surface area contributed by atoms with Gasteiger partial charge in [0.25, 0.3) is 0 Å². The van der Waals surface area contributed by atoms with Crippen LogP contribution in [0.5, 0.6) is 5.75 Å². The third kappa shape index (κ3) is 3.82. The Labute approximate surface area is 113 Å². The molecule has 108 valence electrons. The van der Waals surface area contributed by atoms with Crippen LogP contribution in [0.3, 0.4) is 0 Å². The number of hydrogen-bond donors (Lipinski definition) is 3. The van der Waals surface area contributed by atoms with E-state index >= 15 is 0 Å². The third-order valence-electron chi connectivity index (χ3n) is 2.79. The Hall–Kier alpha value is -1.31. The predicted octanol–water partition coefficient (Wildman–Crippen LogP) is 0.573. The summed E-state index contributed by atoms with van der Waals surface area (Å²) in [6.07, 6.45) is 0. The summed E-state index contributed by atoms with van der Waals surface area (Å²) in [5.74, 6) is 0.146. The summed E-state index contributed by atoms with van der Waals surface area (Å²) in [5.41, 5.74) is 6.00. The first-order valence-corrected chi connectivity index (χ1v) is 7.37. The fourth-order valence-electron chi connectivity index (χ4n) is 1.55. The molecular weight excluding hydrogens is 268 g/mol. The smallest absolute Gasteiger partial charge is 0.244 e. The Morgan fingerprint density at radius 3 is 2.53 bits per heavy atom. The Balaban J connectivity index is 3.13. The number of methoxy groups -OCH3 is 1. The molecule has 0 aromatic heterocycles. The van der Waals surface area contributed by atoms with Crippen molar-refractivity contribution < 1.29 is 18.3 Å². The maximum Gasteiger partial charge on any atom is 0.244 e. The van der Waals surface area contributed by atoms with Crippen molar-refractivity contribution in [3.63, 3.8) is 0 Å². The SMILES string of the molecule is COc1cc(N)ccc1S(=O)(=O)N[C@H](CO)C(C)C. The van der Waals surface area contributed by atoms with Gasteiger partial charge in [0.1, 0.15) is 10.6 Å². The number of sulfonamides is 1. The molecule has 0 unspecified atom stereocenters. The predicted molar refractivity (Wildman–Crippen MR) is 73.4 cm³/mol. The van der Waals surface area contributed by atoms with Crippen LogP contribution in [-0.2, 0) is 10.0 Å². The molecule has 0 saturated heterocycles. The van der Waals surface area contributed by atoms with E-state index in [9.17, 15) is 13.5 Å². The minimum Gasteiger partial charge on any atom is -0.495 e. The van der Waals surface area contributed by atoms with E-state index in [-0.39, 0.29) is 23.2 Å². The largest absolute Gasteiger partial charge is 0.495 e. The molecule has 0 spiro atoms. The van der Waals surface area contributed by atoms with E-state index in [1.165, 1.54) is 25.3 Å². The van der Waals surface area contributed by atoms with Gasteiger partial charge in [0.15, 0.2) is 0 Å². The maximum atomic E-state index is 12.3. The molecule has 1 rings (SSSR count). The summed E-state index contributed by atoms with van der Waals surface area (Å²) < 4.78 is 32.0. The van der Waals surface area contributed by atoms with Crippen LogP contribution >= 0.6 is 0 Å². The lowest BCUT2D eigenvalue weighted by Crippen LogP contribution is -2.41. The van der Waals surface area contributed by atoms with Gasteiger partial charge in [-0.3, -0.25) is 0 Å². The number of aliphatic hydroxyl groups excluding tert-OH is 1. The van der Waals surface area contributed by atoms with Gasteiger partial charge in [-0.1, -0.05) is 13.8 Å². The maximum absolute atomic E-state index is 12.3. The molecule has 0 fully saturated rings. The minimum absolute atomic E-state index is 0.00306. The van der Waals surface area contributed by atoms with Gasteiger partial charge in [-0.2, -0.15) is 0 Å². The second-order valence-corrected chi connectivity index (χ2v) is 6.25. The molecule has 19 heavy (non-hydrogen) atoms. The van der Waals surface area contributed by atoms with E-state index in [1.54, 1.807) is 0 Å². The van der Waals surface area contributed by atoms with Crippen LogP contribution in [0, 0.1) is 5.92 Å². The van der Waals surface area contributed by atoms with Crippen molar-refractivity contribution in [1.82, 2.24) is 4.72 Å². The highest BCUT2D eigenvalue weighted by Crippen LogP contribution is 2.26. The average molecular weight is 288 g/mol. The molecule has 7 heteroatoms. The van der Waals surface area contributed by atoms with E-state index in [2.05, 4.69) is 4.72 Å². The van der Waals surface area contributed by atoms with Crippen molar-refractivity contribution in [3.8, 4) is 5.75 Å². The topological polar surface area (TPSA) is 102 Å². The lowest BCUT2D eigenvalue weighted by Gasteiger charge is -2.20. The summed E-state index contributed by atoms with van der Waals surface area (Å²) in [4.78, 5) is 0.00306. The van der Waals surface area contributed by atoms with Gasteiger partial charge >= 0.3 is 0 Å². The second-order valence-electron chi connectivity index (χ2n) is 4.56. The first-order valence-electron chi connectivity index (χ1n) is 5.88. The van der Waals surface area contributed by atoms with E-state index in [1.807, 2.05) is 13.8 Å². The van der Waals surface area contributed by atoms with Gasteiger partial charge in [0, 0.05) is 17.8 Å². The number of hydrogen-bond acceptors (Lipinski definition) is 5. The van der Waals surface area contributed by atoms with Crippen molar-refractivity contribution in [2.45, 2.75) is 24.8 Å². The summed E-state index contributed by atoms with van der Waals surface area (Å²) >= 11 is 0. The van der Waals surface area contributed by atoms with Gasteiger partial charge in [-0.15, -0.1) is 0 Å². The number of anilines is 1. The van der Waals surface area contributed by atoms with Gasteiger partial charge in [-0.25, -0.2) is 13.1 Å². The summed E-state index contributed by atoms with van der Waals surface area (Å²) in [5, 5.41) is 9.20. The van der Waals surface area contributed by atoms with Crippen molar-refractivity contribution >= 4 is 15.7 Å². The molecule has 1 atom stereocenters. The molecule has 0 aliphatic rings. The quantitative estimate of drug-likeness (QED) is 0.664. The molecule has 0 radical (unpaired) electrons. The van der Waals surface area contributed by atoms with E-state index < -0.39 is 16.1 Å². The number of ether oxygens (including phenoxy) is 1. The Bertz CT molecular complexity index is 529. The number of nitrogen functional groups attached to an aromatic ring is 1. The lowest BCUT2D eigenvalue weighted by molar-refractivity contribution is 0.227. The van der Waals surface area contributed by atoms with Crippen molar-refractivity contribution in [2.75, 3.05) is 19.5 Å². The summed E-state index contributed by atoms with van der Waals surface area (Å²) in [6.45, 7) is 3.38. The number of nitrogens with two attached hydrogens (primary N) is 1. The molecule has 1 aromatic carbocycles. The number of benzene rings is 1. The first kappa shape index (κ1) is 15.7. The van der Waals surface area contributed by atoms with Gasteiger partial charge in [-0.05, 0) is 18.1 Å². The molecular formula is C12H20N2O4S. The molecule has 0 amide bonds. The molecule has 1 aromatic rings. The molecule has 0 heterocycles. The second kappa shape index (κ2) is 6.23. The van der Waals surface area contributed by atoms with Crippen molar-refractivity contribution in [3.05, 3.63) is 18.2 Å². The molecule has 6 nitrogen and oxygen atoms in total. The van der Waals surface area contributed by atoms with Crippen LogP contribution in [0.4, 0.5) is 5.69 Å². The van der Waals surface area contributed by atoms with Crippen LogP contribution in [0.15, 0.2) is 23.1 Å². The fraction of sp³-hybridized carbons (Fsp3) is 0.500. The lowest BCUT2D eigenvalue weighted by atomic mass is 10.1. The van der Waals surface area contributed by atoms with Crippen molar-refractivity contribution in [1.29, 1.82) is 0 Å². The monoisotopic (exact) mass is 288 g/mol. The minimum atomic E-state index is -3.77. The molecule has 0 saturated carbocycles. The molecule has 0 aliphatic heterocycles. The molecule has 0 aliphatic carbocycles. The van der Waals surface area contributed by atoms with Crippen LogP contribution in [0.1, 0.15) is 13.8 Å². The van der Waals surface area contributed by atoms with Crippen LogP contribution in [0.25, 0.3) is 0 Å². The van der Waals surface area contributed by atoms with Gasteiger partial charge in [0.05, 0.1) is 13.7 Å². The highest BCUT2D eigenvalue weighted by molar-refractivity contribution is 7.89. The van der Waals surface area contributed by atoms with E-state index in [0.29, 0.717) is 5.69 Å². The third-order valence-corrected chi connectivity index (χ3v) is 4.31. The Kier molecular flexibility index (Phi) is 5.16. The highest BCUT2D eigenvalue weighted by atomic mass is 32.2. The normalized spacial score (nSPS) is 13.5. The number of nitrogens with one attached hydrogen (secondary N) is 1. The Morgan fingerprint density at radius 2 is 2.05 bits per heavy atom. The zero-order valence-corrected chi connectivity index (χ0v) is 12.1. The van der Waals surface area contributed by atoms with E-state index in [0.717, 1.165) is 0 Å². The van der Waals surface area contributed by atoms with E-state index in [4.69, 9.17) is 10.5 Å². The van der Waals surface area contributed by atoms with Crippen molar-refractivity contribution in [2.24, 2.45) is 5.92 Å². The van der Waals surface area contributed by atoms with Gasteiger partial charge in [0.2, 0.25) is 10.0 Å². The zero-order chi connectivity index (χ0) is 14.6. The summed E-state index contributed by atoms with van der Waals surface area (Å²) in [6, 6.07) is 3.76. The molecule has 0 bridgehead atoms. The van der Waals surface area contributed by atoms with Gasteiger partial charge < -0.3 is 15.6 Å². The van der Waals surface area contributed by atoms with Crippen LogP contribution in [0.2, 0.25) is 0 Å². The fourth-order valence-corrected chi connectivity index (χ4v) is 3.08. The zero-order valence-electron chi connectivity index (χ0n) is 11.3. The van der Waals surface area contributed by atoms with Crippen LogP contribution < -0.4 is 15.2 Å². The first-order chi connectivity index (χ1) is 8.81. The highest BCUT2D eigenvalue weighted by Gasteiger charge is 2.24. The number of aliphatic hydroxyl groups is 1. The van der Waals surface area contributed by atoms with Crippen LogP contribution in [-0.4, -0.2) is 33.3 Å². The summed E-state index contributed by atoms with van der Waals surface area (Å²) in [7, 11) is -2.39. The average Bonchev–Trinajstić information content (AvgIpc) is 2.35.